The minimum absolute atomic E-state index is 0.176. The zero-order chi connectivity index (χ0) is 16.4. The molecule has 0 aromatic carbocycles. The first-order valence-electron chi connectivity index (χ1n) is 7.45. The predicted molar refractivity (Wildman–Crippen MR) is 93.6 cm³/mol. The Hall–Kier alpha value is -2.47. The molecule has 0 saturated carbocycles. The average molecular weight is 326 g/mol. The van der Waals surface area contributed by atoms with E-state index >= 15 is 0 Å². The van der Waals surface area contributed by atoms with E-state index in [0.717, 1.165) is 33.5 Å². The van der Waals surface area contributed by atoms with Crippen molar-refractivity contribution < 1.29 is 4.79 Å². The molecule has 3 aromatic rings. The standard InChI is InChI=1S/C17H18N4OS/c1-3-13-10(2)7-12-14(18)15(23-17(12)21-13)16(22)20-9-11-5-4-6-19-8-11/h4-8H,3,9,18H2,1-2H3,(H,20,22). The van der Waals surface area contributed by atoms with E-state index in [1.807, 2.05) is 25.1 Å². The number of nitrogens with two attached hydrogens (primary N) is 1. The summed E-state index contributed by atoms with van der Waals surface area (Å²) in [5.74, 6) is -0.176. The third-order valence-electron chi connectivity index (χ3n) is 3.73. The molecular formula is C17H18N4OS. The van der Waals surface area contributed by atoms with E-state index in [0.29, 0.717) is 17.1 Å². The molecule has 0 aliphatic heterocycles. The predicted octanol–water partition coefficient (Wildman–Crippen LogP) is 3.07. The number of nitrogen functional groups attached to an aromatic ring is 1. The smallest absolute Gasteiger partial charge is 0.263 e. The summed E-state index contributed by atoms with van der Waals surface area (Å²) in [6.07, 6.45) is 4.30. The average Bonchev–Trinajstić information content (AvgIpc) is 2.89. The number of anilines is 1. The summed E-state index contributed by atoms with van der Waals surface area (Å²) in [5.41, 5.74) is 9.77. The Labute approximate surface area is 138 Å². The van der Waals surface area contributed by atoms with Gasteiger partial charge in [-0.15, -0.1) is 11.3 Å². The van der Waals surface area contributed by atoms with Crippen LogP contribution in [-0.4, -0.2) is 15.9 Å². The number of nitrogens with zero attached hydrogens (tertiary/aromatic N) is 2. The lowest BCUT2D eigenvalue weighted by Crippen LogP contribution is -2.22. The van der Waals surface area contributed by atoms with Crippen molar-refractivity contribution in [2.45, 2.75) is 26.8 Å². The van der Waals surface area contributed by atoms with Crippen LogP contribution in [0.15, 0.2) is 30.6 Å². The number of fused-ring (bicyclic) bond motifs is 1. The van der Waals surface area contributed by atoms with Gasteiger partial charge in [-0.25, -0.2) is 4.98 Å². The van der Waals surface area contributed by atoms with Gasteiger partial charge in [0.15, 0.2) is 0 Å². The largest absolute Gasteiger partial charge is 0.397 e. The van der Waals surface area contributed by atoms with Crippen molar-refractivity contribution in [2.75, 3.05) is 5.73 Å². The quantitative estimate of drug-likeness (QED) is 0.772. The Kier molecular flexibility index (Phi) is 4.25. The number of nitrogens with one attached hydrogen (secondary N) is 1. The van der Waals surface area contributed by atoms with E-state index in [1.54, 1.807) is 12.4 Å². The monoisotopic (exact) mass is 326 g/mol. The number of carbonyl (C=O) groups is 1. The summed E-state index contributed by atoms with van der Waals surface area (Å²) in [4.78, 5) is 22.4. The number of hydrogen-bond acceptors (Lipinski definition) is 5. The Balaban J connectivity index is 1.87. The van der Waals surface area contributed by atoms with Gasteiger partial charge < -0.3 is 11.1 Å². The van der Waals surface area contributed by atoms with E-state index in [-0.39, 0.29) is 5.91 Å². The SMILES string of the molecule is CCc1nc2sc(C(=O)NCc3cccnc3)c(N)c2cc1C. The van der Waals surface area contributed by atoms with Crippen LogP contribution in [0.5, 0.6) is 0 Å². The first kappa shape index (κ1) is 15.4. The molecular weight excluding hydrogens is 308 g/mol. The normalized spacial score (nSPS) is 10.9. The maximum atomic E-state index is 12.4. The van der Waals surface area contributed by atoms with Crippen LogP contribution in [0.1, 0.15) is 33.4 Å². The minimum Gasteiger partial charge on any atom is -0.397 e. The number of aryl methyl sites for hydroxylation is 2. The van der Waals surface area contributed by atoms with Crippen molar-refractivity contribution in [3.05, 3.63) is 52.3 Å². The summed E-state index contributed by atoms with van der Waals surface area (Å²) in [5, 5.41) is 3.74. The lowest BCUT2D eigenvalue weighted by molar-refractivity contribution is 0.0956. The fraction of sp³-hybridized carbons (Fsp3) is 0.235. The maximum absolute atomic E-state index is 12.4. The van der Waals surface area contributed by atoms with E-state index in [9.17, 15) is 4.79 Å². The van der Waals surface area contributed by atoms with Crippen LogP contribution in [0, 0.1) is 6.92 Å². The van der Waals surface area contributed by atoms with Crippen molar-refractivity contribution in [3.8, 4) is 0 Å². The molecule has 118 valence electrons. The second-order valence-electron chi connectivity index (χ2n) is 5.35. The third kappa shape index (κ3) is 3.03. The topological polar surface area (TPSA) is 80.9 Å². The number of carbonyl (C=O) groups excluding carboxylic acids is 1. The number of aromatic nitrogens is 2. The van der Waals surface area contributed by atoms with E-state index in [4.69, 9.17) is 5.73 Å². The number of amides is 1. The molecule has 0 bridgehead atoms. The zero-order valence-corrected chi connectivity index (χ0v) is 13.9. The van der Waals surface area contributed by atoms with Crippen LogP contribution in [0.4, 0.5) is 5.69 Å². The molecule has 3 heterocycles. The first-order chi connectivity index (χ1) is 11.1. The Morgan fingerprint density at radius 2 is 2.26 bits per heavy atom. The summed E-state index contributed by atoms with van der Waals surface area (Å²) >= 11 is 1.34. The van der Waals surface area contributed by atoms with Crippen LogP contribution in [-0.2, 0) is 13.0 Å². The fourth-order valence-electron chi connectivity index (χ4n) is 2.47. The molecule has 6 heteroatoms. The molecule has 1 amide bonds. The summed E-state index contributed by atoms with van der Waals surface area (Å²) < 4.78 is 0. The first-order valence-corrected chi connectivity index (χ1v) is 8.27. The van der Waals surface area contributed by atoms with Crippen molar-refractivity contribution in [3.63, 3.8) is 0 Å². The molecule has 0 fully saturated rings. The van der Waals surface area contributed by atoms with Gasteiger partial charge in [0.05, 0.1) is 5.69 Å². The molecule has 0 spiro atoms. The molecule has 0 aliphatic carbocycles. The molecule has 0 atom stereocenters. The summed E-state index contributed by atoms with van der Waals surface area (Å²) in [6, 6.07) is 5.78. The number of thiophene rings is 1. The highest BCUT2D eigenvalue weighted by molar-refractivity contribution is 7.21. The van der Waals surface area contributed by atoms with E-state index in [2.05, 4.69) is 22.2 Å². The highest BCUT2D eigenvalue weighted by Gasteiger charge is 2.18. The second-order valence-corrected chi connectivity index (χ2v) is 6.35. The van der Waals surface area contributed by atoms with Gasteiger partial charge in [0.1, 0.15) is 9.71 Å². The molecule has 0 saturated heterocycles. The maximum Gasteiger partial charge on any atom is 0.263 e. The lowest BCUT2D eigenvalue weighted by atomic mass is 10.1. The van der Waals surface area contributed by atoms with E-state index in [1.165, 1.54) is 11.3 Å². The van der Waals surface area contributed by atoms with Crippen LogP contribution in [0.2, 0.25) is 0 Å². The molecule has 3 rings (SSSR count). The Bertz CT molecular complexity index is 858. The van der Waals surface area contributed by atoms with Gasteiger partial charge in [0.25, 0.3) is 5.91 Å². The summed E-state index contributed by atoms with van der Waals surface area (Å²) in [6.45, 7) is 4.51. The molecule has 0 aliphatic rings. The lowest BCUT2D eigenvalue weighted by Gasteiger charge is -2.04. The van der Waals surface area contributed by atoms with Crippen molar-refractivity contribution in [1.29, 1.82) is 0 Å². The highest BCUT2D eigenvalue weighted by atomic mass is 32.1. The van der Waals surface area contributed by atoms with Gasteiger partial charge in [0, 0.05) is 30.0 Å². The second kappa shape index (κ2) is 6.34. The number of rotatable bonds is 4. The van der Waals surface area contributed by atoms with Gasteiger partial charge in [0.2, 0.25) is 0 Å². The summed E-state index contributed by atoms with van der Waals surface area (Å²) in [7, 11) is 0. The molecule has 23 heavy (non-hydrogen) atoms. The number of hydrogen-bond donors (Lipinski definition) is 2. The Morgan fingerprint density at radius 3 is 2.96 bits per heavy atom. The third-order valence-corrected chi connectivity index (χ3v) is 4.85. The van der Waals surface area contributed by atoms with Crippen LogP contribution in [0.25, 0.3) is 10.2 Å². The molecule has 0 radical (unpaired) electrons. The highest BCUT2D eigenvalue weighted by Crippen LogP contribution is 2.33. The van der Waals surface area contributed by atoms with Crippen molar-refractivity contribution in [1.82, 2.24) is 15.3 Å². The molecule has 0 unspecified atom stereocenters. The van der Waals surface area contributed by atoms with Gasteiger partial charge in [-0.3, -0.25) is 9.78 Å². The van der Waals surface area contributed by atoms with Gasteiger partial charge in [-0.05, 0) is 36.6 Å². The molecule has 3 aromatic heterocycles. The zero-order valence-electron chi connectivity index (χ0n) is 13.1. The van der Waals surface area contributed by atoms with E-state index < -0.39 is 0 Å². The van der Waals surface area contributed by atoms with Crippen molar-refractivity contribution in [2.24, 2.45) is 0 Å². The van der Waals surface area contributed by atoms with Gasteiger partial charge in [-0.2, -0.15) is 0 Å². The van der Waals surface area contributed by atoms with Crippen LogP contribution in [0.3, 0.4) is 0 Å². The molecule has 3 N–H and O–H groups in total. The fourth-order valence-corrected chi connectivity index (χ4v) is 3.48. The Morgan fingerprint density at radius 1 is 1.43 bits per heavy atom. The van der Waals surface area contributed by atoms with Gasteiger partial charge in [-0.1, -0.05) is 13.0 Å². The minimum atomic E-state index is -0.176. The van der Waals surface area contributed by atoms with Crippen LogP contribution >= 0.6 is 11.3 Å². The van der Waals surface area contributed by atoms with Crippen molar-refractivity contribution >= 4 is 33.1 Å². The van der Waals surface area contributed by atoms with Gasteiger partial charge >= 0.3 is 0 Å². The number of pyridine rings is 2. The van der Waals surface area contributed by atoms with Crippen LogP contribution < -0.4 is 11.1 Å². The molecule has 5 nitrogen and oxygen atoms in total.